The molecule has 2 aromatic carbocycles. The van der Waals surface area contributed by atoms with E-state index in [4.69, 9.17) is 18.5 Å². The third-order valence-electron chi connectivity index (χ3n) is 8.17. The van der Waals surface area contributed by atoms with Crippen LogP contribution in [0.5, 0.6) is 11.5 Å². The van der Waals surface area contributed by atoms with Crippen molar-refractivity contribution in [1.29, 1.82) is 0 Å². The number of aliphatic imine (C=N–C) groups is 1. The Morgan fingerprint density at radius 3 is 1.64 bits per heavy atom. The summed E-state index contributed by atoms with van der Waals surface area (Å²) < 4.78 is 99.6. The van der Waals surface area contributed by atoms with Gasteiger partial charge >= 0.3 is 18.4 Å². The van der Waals surface area contributed by atoms with Crippen molar-refractivity contribution in [1.82, 2.24) is 25.8 Å². The molecule has 0 saturated heterocycles. The van der Waals surface area contributed by atoms with E-state index in [-0.39, 0.29) is 47.5 Å². The van der Waals surface area contributed by atoms with Gasteiger partial charge in [0.25, 0.3) is 0 Å². The first-order chi connectivity index (χ1) is 27.4. The summed E-state index contributed by atoms with van der Waals surface area (Å²) in [4.78, 5) is 26.4. The number of amides is 2. The number of aryl methyl sites for hydroxylation is 2. The van der Waals surface area contributed by atoms with Crippen molar-refractivity contribution >= 4 is 34.0 Å². The molecule has 0 radical (unpaired) electrons. The van der Waals surface area contributed by atoms with Gasteiger partial charge in [0.15, 0.2) is 22.6 Å². The van der Waals surface area contributed by atoms with Gasteiger partial charge < -0.3 is 34.1 Å². The Kier molecular flexibility index (Phi) is 22.7. The summed E-state index contributed by atoms with van der Waals surface area (Å²) >= 11 is 0. The normalized spacial score (nSPS) is 11.3. The summed E-state index contributed by atoms with van der Waals surface area (Å²) in [6, 6.07) is 5.83. The van der Waals surface area contributed by atoms with Gasteiger partial charge in [0, 0.05) is 30.3 Å². The number of carbonyl (C=O) groups excluding carboxylic acids is 2. The van der Waals surface area contributed by atoms with Crippen LogP contribution in [0.3, 0.4) is 0 Å². The number of rotatable bonds is 18. The monoisotopic (exact) mass is 846 g/mol. The molecule has 332 valence electrons. The number of nitrogens with one attached hydrogen (secondary N) is 2. The first-order valence-corrected chi connectivity index (χ1v) is 19.5. The van der Waals surface area contributed by atoms with Crippen LogP contribution in [0, 0.1) is 0 Å². The number of fused-ring (bicyclic) bond motifs is 2. The molecule has 59 heavy (non-hydrogen) atoms. The van der Waals surface area contributed by atoms with Gasteiger partial charge in [-0.15, -0.1) is 0 Å². The third kappa shape index (κ3) is 16.4. The van der Waals surface area contributed by atoms with Crippen LogP contribution in [0.2, 0.25) is 0 Å². The number of carbonyl (C=O) groups is 1. The minimum atomic E-state index is -4.57. The van der Waals surface area contributed by atoms with Gasteiger partial charge in [0.05, 0.1) is 30.0 Å². The largest absolute Gasteiger partial charge is 0.493 e. The average Bonchev–Trinajstić information content (AvgIpc) is 3.79. The molecule has 0 spiro atoms. The fourth-order valence-corrected chi connectivity index (χ4v) is 5.58. The van der Waals surface area contributed by atoms with Crippen LogP contribution >= 0.6 is 0 Å². The molecular formula is C41H60F6N6O6. The van der Waals surface area contributed by atoms with Gasteiger partial charge in [-0.1, -0.05) is 51.4 Å². The number of urea groups is 1. The summed E-state index contributed by atoms with van der Waals surface area (Å²) in [6.07, 6.45) is -3.67. The van der Waals surface area contributed by atoms with Crippen LogP contribution in [0.15, 0.2) is 38.3 Å². The molecule has 2 amide bonds. The molecule has 4 rings (SSSR count). The molecule has 0 aliphatic rings. The van der Waals surface area contributed by atoms with Gasteiger partial charge in [-0.05, 0) is 97.7 Å². The van der Waals surface area contributed by atoms with E-state index >= 15 is 0 Å². The second-order valence-electron chi connectivity index (χ2n) is 13.7. The molecule has 18 heteroatoms. The molecule has 0 aliphatic heterocycles. The Hall–Kier alpha value is -4.83. The number of hydrogen-bond acceptors (Lipinski definition) is 10. The summed E-state index contributed by atoms with van der Waals surface area (Å²) in [5.41, 5.74) is -0.490. The highest BCUT2D eigenvalue weighted by Crippen LogP contribution is 2.39. The highest BCUT2D eigenvalue weighted by Gasteiger charge is 2.38. The van der Waals surface area contributed by atoms with Crippen molar-refractivity contribution in [2.75, 3.05) is 39.4 Å². The summed E-state index contributed by atoms with van der Waals surface area (Å²) in [7, 11) is 0. The molecule has 4 aromatic rings. The summed E-state index contributed by atoms with van der Waals surface area (Å²) in [6.45, 7) is 18.9. The molecule has 0 unspecified atom stereocenters. The molecule has 0 atom stereocenters. The zero-order valence-electron chi connectivity index (χ0n) is 34.5. The van der Waals surface area contributed by atoms with E-state index in [9.17, 15) is 35.9 Å². The van der Waals surface area contributed by atoms with Crippen molar-refractivity contribution in [3.05, 3.63) is 46.8 Å². The maximum Gasteiger partial charge on any atom is 0.437 e. The predicted octanol–water partition coefficient (Wildman–Crippen LogP) is 10.6. The summed E-state index contributed by atoms with van der Waals surface area (Å²) in [5, 5.41) is 12.4. The number of halogens is 6. The van der Waals surface area contributed by atoms with Crippen LogP contribution < -0.4 is 20.1 Å². The minimum Gasteiger partial charge on any atom is -0.493 e. The average molecular weight is 847 g/mol. The van der Waals surface area contributed by atoms with Gasteiger partial charge in [-0.2, -0.15) is 26.3 Å². The van der Waals surface area contributed by atoms with Gasteiger partial charge in [-0.25, -0.2) is 14.6 Å². The second-order valence-corrected chi connectivity index (χ2v) is 13.7. The highest BCUT2D eigenvalue weighted by molar-refractivity contribution is 5.86. The number of hydrogen-bond donors (Lipinski definition) is 2. The maximum absolute atomic E-state index is 13.1. The van der Waals surface area contributed by atoms with Crippen molar-refractivity contribution in [3.63, 3.8) is 0 Å². The van der Waals surface area contributed by atoms with E-state index in [2.05, 4.69) is 25.9 Å². The molecule has 0 saturated carbocycles. The zero-order chi connectivity index (χ0) is 43.5. The van der Waals surface area contributed by atoms with E-state index < -0.39 is 23.7 Å². The first-order valence-electron chi connectivity index (χ1n) is 19.5. The Balaban J connectivity index is 0.000000519. The molecule has 12 nitrogen and oxygen atoms in total. The molecule has 2 aromatic heterocycles. The van der Waals surface area contributed by atoms with Gasteiger partial charge in [0.2, 0.25) is 6.08 Å². The summed E-state index contributed by atoms with van der Waals surface area (Å²) in [5.74, 6) is 1.06. The highest BCUT2D eigenvalue weighted by atomic mass is 19.4. The van der Waals surface area contributed by atoms with E-state index in [1.54, 1.807) is 11.0 Å². The number of nitrogens with zero attached hydrogens (tertiary/aromatic N) is 4. The first kappa shape index (κ1) is 52.2. The lowest BCUT2D eigenvalue weighted by Crippen LogP contribution is -2.43. The van der Waals surface area contributed by atoms with Crippen LogP contribution in [0.1, 0.15) is 111 Å². The van der Waals surface area contributed by atoms with E-state index in [1.165, 1.54) is 24.3 Å². The third-order valence-corrected chi connectivity index (χ3v) is 8.17. The van der Waals surface area contributed by atoms with E-state index in [0.717, 1.165) is 32.4 Å². The molecule has 0 fully saturated rings. The van der Waals surface area contributed by atoms with Crippen LogP contribution in [-0.4, -0.2) is 78.8 Å². The molecule has 2 heterocycles. The number of isocyanates is 1. The van der Waals surface area contributed by atoms with Crippen molar-refractivity contribution in [2.24, 2.45) is 4.99 Å². The second kappa shape index (κ2) is 25.6. The Morgan fingerprint density at radius 2 is 1.29 bits per heavy atom. The standard InChI is InChI=1S/C20H28F3N3O3.C16H21F3N2O2.C4H7NO.CH4/c1-5-8-14-16(10-9-15-17(14)29-25-18(15)20(21,22)23)28-12-7-11-26(6-2)19(27)24-13(3)4;1-3-6-11-13(22-10-5-9-20-4-2)8-7-12-14(11)23-21-15(12)16(17,18)19;1-4(2)5-3-6;/h9-10,13H,5-8,11-12H2,1-4H3,(H,24,27);7-8,20H,3-6,9-10H2,1-2H3;4H,1-2H3;1H4. The number of ether oxygens (including phenoxy) is 2. The maximum atomic E-state index is 13.1. The Labute approximate surface area is 342 Å². The minimum absolute atomic E-state index is 0. The number of alkyl halides is 6. The molecule has 2 N–H and O–H groups in total. The predicted molar refractivity (Wildman–Crippen MR) is 216 cm³/mol. The quantitative estimate of drug-likeness (QED) is 0.0433. The molecular weight excluding hydrogens is 786 g/mol. The molecule has 0 bridgehead atoms. The van der Waals surface area contributed by atoms with Crippen LogP contribution in [0.25, 0.3) is 21.9 Å². The Bertz CT molecular complexity index is 1890. The topological polar surface area (TPSA) is 144 Å². The smallest absolute Gasteiger partial charge is 0.437 e. The number of aromatic nitrogens is 2. The van der Waals surface area contributed by atoms with E-state index in [1.807, 2.05) is 55.4 Å². The Morgan fingerprint density at radius 1 is 0.814 bits per heavy atom. The van der Waals surface area contributed by atoms with Crippen molar-refractivity contribution in [2.45, 2.75) is 126 Å². The lowest BCUT2D eigenvalue weighted by atomic mass is 10.0. The van der Waals surface area contributed by atoms with E-state index in [0.29, 0.717) is 68.2 Å². The van der Waals surface area contributed by atoms with Gasteiger partial charge in [0.1, 0.15) is 11.5 Å². The lowest BCUT2D eigenvalue weighted by Gasteiger charge is -2.23. The SMILES string of the molecule is C.CC(C)N=C=O.CCCc1c(OCCCN(CC)C(=O)NC(C)C)ccc2c(C(F)(F)F)noc12.CCCc1c(OCCCNCC)ccc2c(C(F)(F)F)noc12. The fourth-order valence-electron chi connectivity index (χ4n) is 5.58. The van der Waals surface area contributed by atoms with Crippen LogP contribution in [0.4, 0.5) is 31.1 Å². The molecule has 0 aliphatic carbocycles. The van der Waals surface area contributed by atoms with Gasteiger partial charge in [-0.3, -0.25) is 0 Å². The van der Waals surface area contributed by atoms with Crippen LogP contribution in [-0.2, 0) is 30.0 Å². The fraction of sp³-hybridized carbons (Fsp3) is 0.610. The zero-order valence-corrected chi connectivity index (χ0v) is 34.5. The van der Waals surface area contributed by atoms with Crippen molar-refractivity contribution in [3.8, 4) is 11.5 Å². The van der Waals surface area contributed by atoms with Crippen molar-refractivity contribution < 1.29 is 54.5 Å². The number of benzene rings is 2. The lowest BCUT2D eigenvalue weighted by molar-refractivity contribution is -0.142.